The molecule has 0 aliphatic carbocycles. The van der Waals surface area contributed by atoms with Crippen molar-refractivity contribution in [2.45, 2.75) is 27.3 Å². The Hall–Kier alpha value is -3.86. The van der Waals surface area contributed by atoms with E-state index in [1.807, 2.05) is 99.4 Å². The van der Waals surface area contributed by atoms with Crippen molar-refractivity contribution >= 4 is 17.4 Å². The standard InChI is InChI=1S/C29H30N2O3/c1-20-10-12-24(13-11-20)26-27(30(4)19-23-8-6-5-7-9-23)29(33)31(28(26)32)14-15-34-25-17-21(2)16-22(3)18-25/h5-13,16-18H,14-15,19H2,1-4H3. The summed E-state index contributed by atoms with van der Waals surface area (Å²) in [5, 5.41) is 0. The highest BCUT2D eigenvalue weighted by molar-refractivity contribution is 6.35. The third-order valence-corrected chi connectivity index (χ3v) is 5.91. The smallest absolute Gasteiger partial charge is 0.277 e. The van der Waals surface area contributed by atoms with E-state index < -0.39 is 0 Å². The summed E-state index contributed by atoms with van der Waals surface area (Å²) in [6.07, 6.45) is 0. The van der Waals surface area contributed by atoms with E-state index in [1.54, 1.807) is 0 Å². The lowest BCUT2D eigenvalue weighted by atomic mass is 10.0. The van der Waals surface area contributed by atoms with Crippen LogP contribution in [0.1, 0.15) is 27.8 Å². The summed E-state index contributed by atoms with van der Waals surface area (Å²) in [5.41, 5.74) is 5.99. The summed E-state index contributed by atoms with van der Waals surface area (Å²) < 4.78 is 5.90. The monoisotopic (exact) mass is 454 g/mol. The maximum Gasteiger partial charge on any atom is 0.277 e. The van der Waals surface area contributed by atoms with E-state index >= 15 is 0 Å². The van der Waals surface area contributed by atoms with Crippen LogP contribution >= 0.6 is 0 Å². The first kappa shape index (κ1) is 23.3. The molecule has 0 saturated carbocycles. The molecule has 3 aromatic rings. The molecule has 0 spiro atoms. The molecule has 5 heteroatoms. The van der Waals surface area contributed by atoms with E-state index in [4.69, 9.17) is 4.74 Å². The maximum atomic E-state index is 13.5. The molecule has 1 heterocycles. The van der Waals surface area contributed by atoms with Crippen LogP contribution in [0, 0.1) is 20.8 Å². The number of likely N-dealkylation sites (N-methyl/N-ethyl adjacent to an activating group) is 1. The zero-order valence-electron chi connectivity index (χ0n) is 20.2. The van der Waals surface area contributed by atoms with Gasteiger partial charge < -0.3 is 9.64 Å². The molecule has 0 saturated heterocycles. The van der Waals surface area contributed by atoms with E-state index in [9.17, 15) is 9.59 Å². The molecule has 0 N–H and O–H groups in total. The van der Waals surface area contributed by atoms with Crippen molar-refractivity contribution in [3.8, 4) is 5.75 Å². The fourth-order valence-electron chi connectivity index (χ4n) is 4.31. The topological polar surface area (TPSA) is 49.9 Å². The van der Waals surface area contributed by atoms with Crippen LogP contribution in [-0.2, 0) is 16.1 Å². The summed E-state index contributed by atoms with van der Waals surface area (Å²) in [5.74, 6) is 0.167. The Bertz CT molecular complexity index is 1210. The lowest BCUT2D eigenvalue weighted by molar-refractivity contribution is -0.137. The van der Waals surface area contributed by atoms with Gasteiger partial charge in [-0.2, -0.15) is 0 Å². The molecule has 1 aliphatic heterocycles. The fraction of sp³-hybridized carbons (Fsp3) is 0.241. The van der Waals surface area contributed by atoms with Gasteiger partial charge in [-0.25, -0.2) is 0 Å². The second kappa shape index (κ2) is 9.96. The Labute approximate surface area is 201 Å². The van der Waals surface area contributed by atoms with E-state index in [0.29, 0.717) is 17.8 Å². The molecule has 0 fully saturated rings. The molecule has 174 valence electrons. The molecule has 5 nitrogen and oxygen atoms in total. The van der Waals surface area contributed by atoms with Crippen LogP contribution in [0.5, 0.6) is 5.75 Å². The predicted octanol–water partition coefficient (Wildman–Crippen LogP) is 4.90. The summed E-state index contributed by atoms with van der Waals surface area (Å²) in [7, 11) is 1.86. The minimum Gasteiger partial charge on any atom is -0.492 e. The SMILES string of the molecule is Cc1ccc(C2=C(N(C)Cc3ccccc3)C(=O)N(CCOc3cc(C)cc(C)c3)C2=O)cc1. The number of ether oxygens (including phenoxy) is 1. The van der Waals surface area contributed by atoms with E-state index in [0.717, 1.165) is 33.6 Å². The zero-order valence-corrected chi connectivity index (χ0v) is 20.2. The average molecular weight is 455 g/mol. The van der Waals surface area contributed by atoms with Gasteiger partial charge in [0.2, 0.25) is 0 Å². The van der Waals surface area contributed by atoms with Crippen molar-refractivity contribution in [2.24, 2.45) is 0 Å². The fourth-order valence-corrected chi connectivity index (χ4v) is 4.31. The number of nitrogens with zero attached hydrogens (tertiary/aromatic N) is 2. The summed E-state index contributed by atoms with van der Waals surface area (Å²) >= 11 is 0. The third kappa shape index (κ3) is 5.04. The molecule has 0 atom stereocenters. The van der Waals surface area contributed by atoms with Crippen LogP contribution in [0.15, 0.2) is 78.5 Å². The van der Waals surface area contributed by atoms with E-state index in [1.165, 1.54) is 4.90 Å². The molecule has 0 unspecified atom stereocenters. The second-order valence-electron chi connectivity index (χ2n) is 8.87. The largest absolute Gasteiger partial charge is 0.492 e. The van der Waals surface area contributed by atoms with Crippen molar-refractivity contribution in [3.05, 3.63) is 106 Å². The van der Waals surface area contributed by atoms with Crippen LogP contribution in [0.25, 0.3) is 5.57 Å². The molecule has 4 rings (SSSR count). The van der Waals surface area contributed by atoms with Gasteiger partial charge in [-0.05, 0) is 55.2 Å². The highest BCUT2D eigenvalue weighted by Crippen LogP contribution is 2.32. The van der Waals surface area contributed by atoms with Gasteiger partial charge >= 0.3 is 0 Å². The highest BCUT2D eigenvalue weighted by atomic mass is 16.5. The van der Waals surface area contributed by atoms with Crippen molar-refractivity contribution in [1.29, 1.82) is 0 Å². The van der Waals surface area contributed by atoms with Crippen molar-refractivity contribution < 1.29 is 14.3 Å². The van der Waals surface area contributed by atoms with Crippen LogP contribution in [0.3, 0.4) is 0 Å². The van der Waals surface area contributed by atoms with Crippen LogP contribution in [0.4, 0.5) is 0 Å². The molecule has 2 amide bonds. The minimum atomic E-state index is -0.289. The quantitative estimate of drug-likeness (QED) is 0.454. The average Bonchev–Trinajstić information content (AvgIpc) is 3.04. The van der Waals surface area contributed by atoms with Crippen LogP contribution in [-0.4, -0.2) is 41.8 Å². The van der Waals surface area contributed by atoms with Gasteiger partial charge in [0.15, 0.2) is 0 Å². The number of imide groups is 1. The number of aryl methyl sites for hydroxylation is 3. The summed E-state index contributed by atoms with van der Waals surface area (Å²) in [4.78, 5) is 30.2. The summed E-state index contributed by atoms with van der Waals surface area (Å²) in [6.45, 7) is 6.97. The van der Waals surface area contributed by atoms with Gasteiger partial charge in [0.25, 0.3) is 11.8 Å². The van der Waals surface area contributed by atoms with Crippen molar-refractivity contribution in [2.75, 3.05) is 20.2 Å². The maximum absolute atomic E-state index is 13.5. The third-order valence-electron chi connectivity index (χ3n) is 5.91. The lowest BCUT2D eigenvalue weighted by Gasteiger charge is -2.21. The first-order valence-electron chi connectivity index (χ1n) is 11.5. The number of rotatable bonds is 8. The van der Waals surface area contributed by atoms with Gasteiger partial charge in [-0.15, -0.1) is 0 Å². The van der Waals surface area contributed by atoms with Crippen LogP contribution < -0.4 is 4.74 Å². The molecule has 0 bridgehead atoms. The molecule has 3 aromatic carbocycles. The normalized spacial score (nSPS) is 13.6. The minimum absolute atomic E-state index is 0.183. The van der Waals surface area contributed by atoms with Gasteiger partial charge in [0.1, 0.15) is 18.1 Å². The molecular weight excluding hydrogens is 424 g/mol. The Morgan fingerprint density at radius 1 is 0.794 bits per heavy atom. The van der Waals surface area contributed by atoms with Gasteiger partial charge in [0.05, 0.1) is 12.1 Å². The van der Waals surface area contributed by atoms with Crippen molar-refractivity contribution in [1.82, 2.24) is 9.80 Å². The first-order chi connectivity index (χ1) is 16.3. The molecule has 1 aliphatic rings. The predicted molar refractivity (Wildman–Crippen MR) is 134 cm³/mol. The molecule has 34 heavy (non-hydrogen) atoms. The lowest BCUT2D eigenvalue weighted by Crippen LogP contribution is -2.37. The van der Waals surface area contributed by atoms with Gasteiger partial charge in [-0.3, -0.25) is 14.5 Å². The highest BCUT2D eigenvalue weighted by Gasteiger charge is 2.40. The Morgan fingerprint density at radius 2 is 1.44 bits per heavy atom. The molecule has 0 radical (unpaired) electrons. The Balaban J connectivity index is 1.58. The van der Waals surface area contributed by atoms with Gasteiger partial charge in [-0.1, -0.05) is 66.2 Å². The van der Waals surface area contributed by atoms with E-state index in [2.05, 4.69) is 6.07 Å². The van der Waals surface area contributed by atoms with Crippen molar-refractivity contribution in [3.63, 3.8) is 0 Å². The summed E-state index contributed by atoms with van der Waals surface area (Å²) in [6, 6.07) is 23.6. The van der Waals surface area contributed by atoms with Gasteiger partial charge in [0, 0.05) is 13.6 Å². The van der Waals surface area contributed by atoms with Crippen LogP contribution in [0.2, 0.25) is 0 Å². The number of hydrogen-bond acceptors (Lipinski definition) is 4. The van der Waals surface area contributed by atoms with E-state index in [-0.39, 0.29) is 25.0 Å². The number of benzene rings is 3. The number of carbonyl (C=O) groups is 2. The number of amides is 2. The Kier molecular flexibility index (Phi) is 6.82. The Morgan fingerprint density at radius 3 is 2.09 bits per heavy atom. The molecule has 0 aromatic heterocycles. The first-order valence-corrected chi connectivity index (χ1v) is 11.5. The molecular formula is C29H30N2O3. The number of hydrogen-bond donors (Lipinski definition) is 0. The zero-order chi connectivity index (χ0) is 24.2. The second-order valence-corrected chi connectivity index (χ2v) is 8.87. The number of carbonyl (C=O) groups excluding carboxylic acids is 2.